The third-order valence-electron chi connectivity index (χ3n) is 3.71. The van der Waals surface area contributed by atoms with Crippen LogP contribution in [0.2, 0.25) is 0 Å². The minimum absolute atomic E-state index is 0.385. The predicted molar refractivity (Wildman–Crippen MR) is 86.4 cm³/mol. The summed E-state index contributed by atoms with van der Waals surface area (Å²) in [7, 11) is 2.09. The zero-order chi connectivity index (χ0) is 14.1. The molecule has 0 aliphatic rings. The number of aromatic amines is 1. The molecule has 1 atom stereocenters. The molecule has 0 aliphatic heterocycles. The number of nitrogens with two attached hydrogens (primary N) is 1. The number of fused-ring (bicyclic) bond motifs is 1. The van der Waals surface area contributed by atoms with Crippen LogP contribution in [0.5, 0.6) is 0 Å². The number of hydrogen-bond donors (Lipinski definition) is 2. The first-order valence-electron chi connectivity index (χ1n) is 6.63. The number of anilines is 2. The Morgan fingerprint density at radius 3 is 3.05 bits per heavy atom. The molecule has 1 unspecified atom stereocenters. The van der Waals surface area contributed by atoms with E-state index in [2.05, 4.69) is 52.6 Å². The Hall–Kier alpha value is -2.01. The van der Waals surface area contributed by atoms with Crippen LogP contribution in [0.15, 0.2) is 35.8 Å². The van der Waals surface area contributed by atoms with Gasteiger partial charge in [0.25, 0.3) is 0 Å². The number of aromatic nitrogens is 2. The summed E-state index contributed by atoms with van der Waals surface area (Å²) in [5.74, 6) is 0. The molecule has 0 amide bonds. The molecule has 0 aliphatic carbocycles. The number of benzene rings is 1. The molecule has 5 heteroatoms. The van der Waals surface area contributed by atoms with E-state index in [4.69, 9.17) is 5.73 Å². The van der Waals surface area contributed by atoms with E-state index in [0.717, 1.165) is 28.7 Å². The molecular weight excluding hydrogens is 268 g/mol. The van der Waals surface area contributed by atoms with Crippen LogP contribution in [0.1, 0.15) is 11.8 Å². The van der Waals surface area contributed by atoms with Crippen molar-refractivity contribution < 1.29 is 0 Å². The van der Waals surface area contributed by atoms with Gasteiger partial charge in [0.15, 0.2) is 0 Å². The Bertz CT molecular complexity index is 702. The number of H-pyrrole nitrogens is 1. The van der Waals surface area contributed by atoms with Crippen LogP contribution in [-0.4, -0.2) is 23.3 Å². The molecule has 0 saturated heterocycles. The number of thiophene rings is 1. The molecule has 0 radical (unpaired) electrons. The Morgan fingerprint density at radius 1 is 1.45 bits per heavy atom. The first-order valence-corrected chi connectivity index (χ1v) is 7.51. The third kappa shape index (κ3) is 2.36. The molecule has 1 aromatic carbocycles. The Kier molecular flexibility index (Phi) is 3.36. The molecule has 0 saturated carbocycles. The largest absolute Gasteiger partial charge is 0.397 e. The van der Waals surface area contributed by atoms with Gasteiger partial charge >= 0.3 is 0 Å². The first kappa shape index (κ1) is 13.0. The molecule has 20 heavy (non-hydrogen) atoms. The van der Waals surface area contributed by atoms with Crippen LogP contribution in [0.25, 0.3) is 10.9 Å². The highest BCUT2D eigenvalue weighted by Crippen LogP contribution is 2.29. The maximum Gasteiger partial charge on any atom is 0.0672 e. The number of likely N-dealkylation sites (N-methyl/N-ethyl adjacent to an activating group) is 1. The normalized spacial score (nSPS) is 12.7. The number of hydrogen-bond acceptors (Lipinski definition) is 4. The SMILES string of the molecule is CC(Cc1cccs1)N(C)c1cc2[nH]ncc2cc1N. The molecule has 2 aromatic heterocycles. The quantitative estimate of drug-likeness (QED) is 0.724. The monoisotopic (exact) mass is 286 g/mol. The maximum absolute atomic E-state index is 6.18. The van der Waals surface area contributed by atoms with Crippen molar-refractivity contribution in [2.75, 3.05) is 17.7 Å². The molecule has 3 N–H and O–H groups in total. The van der Waals surface area contributed by atoms with Crippen LogP contribution < -0.4 is 10.6 Å². The molecular formula is C15H18N4S. The summed E-state index contributed by atoms with van der Waals surface area (Å²) in [4.78, 5) is 3.63. The molecule has 3 aromatic rings. The van der Waals surface area contributed by atoms with Gasteiger partial charge in [-0.3, -0.25) is 5.10 Å². The maximum atomic E-state index is 6.18. The van der Waals surface area contributed by atoms with Crippen LogP contribution in [0.4, 0.5) is 11.4 Å². The van der Waals surface area contributed by atoms with E-state index < -0.39 is 0 Å². The van der Waals surface area contributed by atoms with Gasteiger partial charge in [-0.25, -0.2) is 0 Å². The Balaban J connectivity index is 1.87. The third-order valence-corrected chi connectivity index (χ3v) is 4.60. The van der Waals surface area contributed by atoms with E-state index in [1.54, 1.807) is 17.5 Å². The second kappa shape index (κ2) is 5.17. The van der Waals surface area contributed by atoms with Crippen LogP contribution >= 0.6 is 11.3 Å². The zero-order valence-corrected chi connectivity index (χ0v) is 12.4. The number of nitrogens with zero attached hydrogens (tertiary/aromatic N) is 2. The van der Waals surface area contributed by atoms with Gasteiger partial charge in [-0.1, -0.05) is 6.07 Å². The average Bonchev–Trinajstić information content (AvgIpc) is 3.07. The van der Waals surface area contributed by atoms with E-state index >= 15 is 0 Å². The van der Waals surface area contributed by atoms with Crippen molar-refractivity contribution >= 4 is 33.6 Å². The highest BCUT2D eigenvalue weighted by atomic mass is 32.1. The highest BCUT2D eigenvalue weighted by molar-refractivity contribution is 7.09. The lowest BCUT2D eigenvalue weighted by atomic mass is 10.1. The fraction of sp³-hybridized carbons (Fsp3) is 0.267. The summed E-state index contributed by atoms with van der Waals surface area (Å²) in [6, 6.07) is 8.70. The van der Waals surface area contributed by atoms with E-state index in [-0.39, 0.29) is 0 Å². The molecule has 4 nitrogen and oxygen atoms in total. The summed E-state index contributed by atoms with van der Waals surface area (Å²) in [6.07, 6.45) is 2.82. The van der Waals surface area contributed by atoms with E-state index in [9.17, 15) is 0 Å². The van der Waals surface area contributed by atoms with E-state index in [0.29, 0.717) is 6.04 Å². The lowest BCUT2D eigenvalue weighted by Crippen LogP contribution is -2.31. The molecule has 0 fully saturated rings. The molecule has 104 valence electrons. The summed E-state index contributed by atoms with van der Waals surface area (Å²) in [6.45, 7) is 2.22. The number of nitrogen functional groups attached to an aromatic ring is 1. The summed E-state index contributed by atoms with van der Waals surface area (Å²) >= 11 is 1.80. The summed E-state index contributed by atoms with van der Waals surface area (Å²) in [5, 5.41) is 10.2. The van der Waals surface area contributed by atoms with Crippen molar-refractivity contribution in [3.05, 3.63) is 40.7 Å². The minimum Gasteiger partial charge on any atom is -0.397 e. The second-order valence-electron chi connectivity index (χ2n) is 5.11. The average molecular weight is 286 g/mol. The summed E-state index contributed by atoms with van der Waals surface area (Å²) in [5.41, 5.74) is 9.03. The number of rotatable bonds is 4. The van der Waals surface area contributed by atoms with Crippen molar-refractivity contribution in [3.63, 3.8) is 0 Å². The number of nitrogens with one attached hydrogen (secondary N) is 1. The van der Waals surface area contributed by atoms with Gasteiger partial charge in [0.1, 0.15) is 0 Å². The van der Waals surface area contributed by atoms with Gasteiger partial charge in [0.05, 0.1) is 23.1 Å². The first-order chi connectivity index (χ1) is 9.65. The van der Waals surface area contributed by atoms with Crippen molar-refractivity contribution in [2.45, 2.75) is 19.4 Å². The molecule has 0 bridgehead atoms. The van der Waals surface area contributed by atoms with Gasteiger partial charge in [-0.2, -0.15) is 5.10 Å². The molecule has 3 rings (SSSR count). The highest BCUT2D eigenvalue weighted by Gasteiger charge is 2.15. The van der Waals surface area contributed by atoms with Gasteiger partial charge in [0, 0.05) is 29.8 Å². The van der Waals surface area contributed by atoms with Crippen molar-refractivity contribution in [3.8, 4) is 0 Å². The van der Waals surface area contributed by atoms with Gasteiger partial charge in [0.2, 0.25) is 0 Å². The minimum atomic E-state index is 0.385. The lowest BCUT2D eigenvalue weighted by Gasteiger charge is -2.28. The van der Waals surface area contributed by atoms with Crippen LogP contribution in [-0.2, 0) is 6.42 Å². The van der Waals surface area contributed by atoms with Crippen molar-refractivity contribution in [1.82, 2.24) is 10.2 Å². The Labute approximate surface area is 122 Å². The van der Waals surface area contributed by atoms with Crippen molar-refractivity contribution in [1.29, 1.82) is 0 Å². The predicted octanol–water partition coefficient (Wildman–Crippen LogP) is 3.27. The van der Waals surface area contributed by atoms with Crippen molar-refractivity contribution in [2.24, 2.45) is 0 Å². The fourth-order valence-electron chi connectivity index (χ4n) is 2.40. The zero-order valence-electron chi connectivity index (χ0n) is 11.6. The van der Waals surface area contributed by atoms with Crippen LogP contribution in [0.3, 0.4) is 0 Å². The van der Waals surface area contributed by atoms with Gasteiger partial charge in [-0.05, 0) is 30.5 Å². The standard InChI is InChI=1S/C15H18N4S/c1-10(6-12-4-3-5-20-12)19(2)15-8-14-11(7-13(15)16)9-17-18-14/h3-5,7-10H,6,16H2,1-2H3,(H,17,18). The molecule has 0 spiro atoms. The molecule has 2 heterocycles. The topological polar surface area (TPSA) is 57.9 Å². The summed E-state index contributed by atoms with van der Waals surface area (Å²) < 4.78 is 0. The van der Waals surface area contributed by atoms with Crippen LogP contribution in [0, 0.1) is 0 Å². The van der Waals surface area contributed by atoms with Gasteiger partial charge in [-0.15, -0.1) is 11.3 Å². The second-order valence-corrected chi connectivity index (χ2v) is 6.14. The van der Waals surface area contributed by atoms with Gasteiger partial charge < -0.3 is 10.6 Å². The van der Waals surface area contributed by atoms with E-state index in [1.807, 2.05) is 6.07 Å². The van der Waals surface area contributed by atoms with E-state index in [1.165, 1.54) is 4.88 Å². The fourth-order valence-corrected chi connectivity index (χ4v) is 3.22. The Morgan fingerprint density at radius 2 is 2.30 bits per heavy atom. The lowest BCUT2D eigenvalue weighted by molar-refractivity contribution is 0.689. The smallest absolute Gasteiger partial charge is 0.0672 e.